The topological polar surface area (TPSA) is 70.4 Å². The van der Waals surface area contributed by atoms with Gasteiger partial charge in [0.1, 0.15) is 23.5 Å². The minimum Gasteiger partial charge on any atom is -0.394 e. The van der Waals surface area contributed by atoms with Gasteiger partial charge in [0.2, 0.25) is 5.67 Å². The van der Waals surface area contributed by atoms with Gasteiger partial charge in [-0.05, 0) is 18.3 Å². The van der Waals surface area contributed by atoms with Crippen LogP contribution in [0.2, 0.25) is 0 Å². The molecule has 5 nitrogen and oxygen atoms in total. The number of H-pyrrole nitrogens is 1. The summed E-state index contributed by atoms with van der Waals surface area (Å²) in [6.07, 6.45) is -3.11. The molecule has 1 aliphatic rings. The van der Waals surface area contributed by atoms with Crippen LogP contribution in [0, 0.1) is 9.41 Å². The van der Waals surface area contributed by atoms with Crippen molar-refractivity contribution in [3.05, 3.63) is 21.7 Å². The molecule has 0 aliphatic carbocycles. The smallest absolute Gasteiger partial charge is 0.212 e. The fourth-order valence-corrected chi connectivity index (χ4v) is 2.49. The van der Waals surface area contributed by atoms with Crippen molar-refractivity contribution >= 4 is 24.4 Å². The molecular formula is C10H12F2N2O3S2. The van der Waals surface area contributed by atoms with E-state index in [4.69, 9.17) is 34.3 Å². The first kappa shape index (κ1) is 14.7. The summed E-state index contributed by atoms with van der Waals surface area (Å²) in [6, 6.07) is 1.44. The first-order valence-electron chi connectivity index (χ1n) is 5.44. The third kappa shape index (κ3) is 2.36. The minimum absolute atomic E-state index is 0.0405. The van der Waals surface area contributed by atoms with E-state index in [0.717, 1.165) is 4.57 Å². The van der Waals surface area contributed by atoms with Crippen molar-refractivity contribution in [2.24, 2.45) is 0 Å². The third-order valence-electron chi connectivity index (χ3n) is 3.05. The zero-order valence-electron chi connectivity index (χ0n) is 9.62. The predicted molar refractivity (Wildman–Crippen MR) is 67.3 cm³/mol. The van der Waals surface area contributed by atoms with Crippen molar-refractivity contribution < 1.29 is 23.7 Å². The van der Waals surface area contributed by atoms with Crippen molar-refractivity contribution in [2.75, 3.05) is 13.3 Å². The molecule has 1 aliphatic heterocycles. The van der Waals surface area contributed by atoms with Crippen LogP contribution in [0.1, 0.15) is 6.23 Å². The van der Waals surface area contributed by atoms with Gasteiger partial charge in [-0.2, -0.15) is 0 Å². The van der Waals surface area contributed by atoms with Crippen LogP contribution in [0.3, 0.4) is 0 Å². The van der Waals surface area contributed by atoms with Crippen LogP contribution < -0.4 is 0 Å². The van der Waals surface area contributed by atoms with Crippen LogP contribution in [0.25, 0.3) is 0 Å². The Morgan fingerprint density at radius 2 is 2.21 bits per heavy atom. The highest BCUT2D eigenvalue weighted by molar-refractivity contribution is 7.72. The summed E-state index contributed by atoms with van der Waals surface area (Å²) in [5.41, 5.74) is -2.68. The molecular weight excluding hydrogens is 298 g/mol. The van der Waals surface area contributed by atoms with Crippen LogP contribution >= 0.6 is 24.4 Å². The van der Waals surface area contributed by atoms with Gasteiger partial charge in [-0.15, -0.1) is 0 Å². The van der Waals surface area contributed by atoms with E-state index in [1.54, 1.807) is 0 Å². The summed E-state index contributed by atoms with van der Waals surface area (Å²) >= 11 is 9.82. The molecule has 9 heteroatoms. The van der Waals surface area contributed by atoms with Gasteiger partial charge >= 0.3 is 0 Å². The third-order valence-corrected chi connectivity index (χ3v) is 3.60. The highest BCUT2D eigenvalue weighted by Gasteiger charge is 2.58. The Labute approximate surface area is 117 Å². The lowest BCUT2D eigenvalue weighted by molar-refractivity contribution is -0.0724. The summed E-state index contributed by atoms with van der Waals surface area (Å²) in [5.74, 6) is 0. The molecule has 0 spiro atoms. The molecule has 0 bridgehead atoms. The van der Waals surface area contributed by atoms with Crippen molar-refractivity contribution in [3.63, 3.8) is 0 Å². The van der Waals surface area contributed by atoms with Crippen LogP contribution in [-0.2, 0) is 4.74 Å². The lowest BCUT2D eigenvalue weighted by Gasteiger charge is -2.26. The van der Waals surface area contributed by atoms with Crippen molar-refractivity contribution in [3.8, 4) is 0 Å². The fourth-order valence-electron chi connectivity index (χ4n) is 2.00. The molecule has 1 saturated heterocycles. The summed E-state index contributed by atoms with van der Waals surface area (Å²) < 4.78 is 34.2. The lowest BCUT2D eigenvalue weighted by Crippen LogP contribution is -2.45. The van der Waals surface area contributed by atoms with Gasteiger partial charge < -0.3 is 19.9 Å². The molecule has 3 N–H and O–H groups in total. The SMILES string of the molecule is OC[C@H]1O[C@@H](n2ccc(=S)[nH]c2=S)[C@@](F)(CF)C1O. The normalized spacial score (nSPS) is 34.6. The summed E-state index contributed by atoms with van der Waals surface area (Å²) in [5, 5.41) is 18.7. The monoisotopic (exact) mass is 310 g/mol. The number of aliphatic hydroxyl groups excluding tert-OH is 2. The van der Waals surface area contributed by atoms with E-state index in [0.29, 0.717) is 4.64 Å². The van der Waals surface area contributed by atoms with E-state index in [9.17, 15) is 13.9 Å². The number of aromatic amines is 1. The first-order chi connectivity index (χ1) is 8.93. The molecule has 0 amide bonds. The lowest BCUT2D eigenvalue weighted by atomic mass is 9.97. The number of nitrogens with zero attached hydrogens (tertiary/aromatic N) is 1. The minimum atomic E-state index is -2.68. The number of nitrogens with one attached hydrogen (secondary N) is 1. The Morgan fingerprint density at radius 1 is 1.53 bits per heavy atom. The Balaban J connectivity index is 2.48. The van der Waals surface area contributed by atoms with Crippen LogP contribution in [0.4, 0.5) is 8.78 Å². The van der Waals surface area contributed by atoms with Gasteiger partial charge in [0.05, 0.1) is 6.61 Å². The molecule has 2 heterocycles. The number of hydrogen-bond donors (Lipinski definition) is 3. The Hall–Kier alpha value is -0.740. The molecule has 4 atom stereocenters. The summed E-state index contributed by atoms with van der Waals surface area (Å²) in [4.78, 5) is 2.60. The molecule has 1 aromatic heterocycles. The van der Waals surface area contributed by atoms with E-state index in [-0.39, 0.29) is 4.77 Å². The van der Waals surface area contributed by atoms with Crippen molar-refractivity contribution in [1.29, 1.82) is 0 Å². The van der Waals surface area contributed by atoms with Gasteiger partial charge in [-0.1, -0.05) is 12.2 Å². The largest absolute Gasteiger partial charge is 0.394 e. The van der Waals surface area contributed by atoms with Gasteiger partial charge in [-0.25, -0.2) is 8.78 Å². The second kappa shape index (κ2) is 5.33. The predicted octanol–water partition coefficient (Wildman–Crippen LogP) is 1.20. The summed E-state index contributed by atoms with van der Waals surface area (Å²) in [7, 11) is 0. The Morgan fingerprint density at radius 3 is 2.74 bits per heavy atom. The van der Waals surface area contributed by atoms with Crippen molar-refractivity contribution in [2.45, 2.75) is 24.1 Å². The molecule has 1 fully saturated rings. The number of alkyl halides is 2. The van der Waals surface area contributed by atoms with E-state index >= 15 is 0 Å². The molecule has 1 unspecified atom stereocenters. The van der Waals surface area contributed by atoms with Crippen LogP contribution in [0.15, 0.2) is 12.3 Å². The average Bonchev–Trinajstić information content (AvgIpc) is 2.63. The zero-order chi connectivity index (χ0) is 14.2. The number of ether oxygens (including phenoxy) is 1. The van der Waals surface area contributed by atoms with E-state index in [1.165, 1.54) is 12.3 Å². The van der Waals surface area contributed by atoms with E-state index < -0.39 is 37.4 Å². The number of halogens is 2. The molecule has 0 aromatic carbocycles. The number of aromatic nitrogens is 2. The molecule has 106 valence electrons. The first-order valence-corrected chi connectivity index (χ1v) is 6.26. The molecule has 19 heavy (non-hydrogen) atoms. The molecule has 1 aromatic rings. The fraction of sp³-hybridized carbons (Fsp3) is 0.600. The molecule has 2 rings (SSSR count). The van der Waals surface area contributed by atoms with E-state index in [2.05, 4.69) is 4.98 Å². The van der Waals surface area contributed by atoms with Crippen molar-refractivity contribution in [1.82, 2.24) is 9.55 Å². The highest BCUT2D eigenvalue weighted by Crippen LogP contribution is 2.41. The average molecular weight is 310 g/mol. The van der Waals surface area contributed by atoms with Gasteiger partial charge in [0, 0.05) is 6.20 Å². The molecule has 0 saturated carbocycles. The van der Waals surface area contributed by atoms with Gasteiger partial charge in [0.25, 0.3) is 0 Å². The van der Waals surface area contributed by atoms with Gasteiger partial charge in [-0.3, -0.25) is 4.57 Å². The van der Waals surface area contributed by atoms with Crippen LogP contribution in [-0.4, -0.2) is 50.9 Å². The van der Waals surface area contributed by atoms with E-state index in [1.807, 2.05) is 0 Å². The molecule has 0 radical (unpaired) electrons. The Kier molecular flexibility index (Phi) is 4.11. The number of hydrogen-bond acceptors (Lipinski definition) is 5. The standard InChI is InChI=1S/C10H12F2N2O3S2/c11-4-10(12)7(16)5(3-15)17-8(10)14-2-1-6(18)13-9(14)19/h1-2,5,7-8,15-16H,3-4H2,(H,13,18,19)/t5-,7?,8-,10-/m1/s1. The van der Waals surface area contributed by atoms with Crippen LogP contribution in [0.5, 0.6) is 0 Å². The maximum atomic E-state index is 14.5. The highest BCUT2D eigenvalue weighted by atomic mass is 32.1. The second-order valence-corrected chi connectivity index (χ2v) is 5.06. The maximum absolute atomic E-state index is 14.5. The zero-order valence-corrected chi connectivity index (χ0v) is 11.3. The van der Waals surface area contributed by atoms with Gasteiger partial charge in [0.15, 0.2) is 11.0 Å². The quantitative estimate of drug-likeness (QED) is 0.732. The summed E-state index contributed by atoms with van der Waals surface area (Å²) in [6.45, 7) is -2.09. The maximum Gasteiger partial charge on any atom is 0.212 e. The second-order valence-electron chi connectivity index (χ2n) is 4.23. The number of aliphatic hydroxyl groups is 2. The Bertz CT molecular complexity index is 578. The number of rotatable bonds is 3.